The molecular formula is C9H6F6N2O3. The summed E-state index contributed by atoms with van der Waals surface area (Å²) < 4.78 is 74.5. The first-order chi connectivity index (χ1) is 8.85. The molecule has 3 N–H and O–H groups in total. The predicted octanol–water partition coefficient (Wildman–Crippen LogP) is 2.88. The number of phenolic OH excluding ortho intramolecular Hbond substituents is 1. The summed E-state index contributed by atoms with van der Waals surface area (Å²) in [6.07, 6.45) is -10.3. The number of nitro groups is 1. The lowest BCUT2D eigenvalue weighted by molar-refractivity contribution is -0.388. The van der Waals surface area contributed by atoms with Gasteiger partial charge in [-0.3, -0.25) is 10.1 Å². The Kier molecular flexibility index (Phi) is 3.85. The zero-order chi connectivity index (χ0) is 15.9. The van der Waals surface area contributed by atoms with Crippen molar-refractivity contribution in [2.45, 2.75) is 18.4 Å². The van der Waals surface area contributed by atoms with Gasteiger partial charge in [-0.05, 0) is 6.07 Å². The summed E-state index contributed by atoms with van der Waals surface area (Å²) in [4.78, 5) is 9.00. The van der Waals surface area contributed by atoms with Gasteiger partial charge in [-0.2, -0.15) is 26.3 Å². The number of alkyl halides is 6. The first-order valence-electron chi connectivity index (χ1n) is 4.76. The van der Waals surface area contributed by atoms with Gasteiger partial charge in [0.05, 0.1) is 4.92 Å². The van der Waals surface area contributed by atoms with Gasteiger partial charge in [-0.15, -0.1) is 0 Å². The van der Waals surface area contributed by atoms with E-state index in [-0.39, 0.29) is 12.1 Å². The maximum Gasteiger partial charge on any atom is 0.423 e. The minimum Gasteiger partial charge on any atom is -0.508 e. The smallest absolute Gasteiger partial charge is 0.423 e. The third-order valence-corrected chi connectivity index (χ3v) is 2.33. The maximum atomic E-state index is 12.5. The van der Waals surface area contributed by atoms with Crippen LogP contribution >= 0.6 is 0 Å². The van der Waals surface area contributed by atoms with Crippen molar-refractivity contribution in [1.29, 1.82) is 0 Å². The van der Waals surface area contributed by atoms with Crippen molar-refractivity contribution in [3.05, 3.63) is 33.4 Å². The fourth-order valence-corrected chi connectivity index (χ4v) is 1.40. The topological polar surface area (TPSA) is 89.4 Å². The highest BCUT2D eigenvalue weighted by atomic mass is 19.4. The van der Waals surface area contributed by atoms with E-state index in [4.69, 9.17) is 5.73 Å². The van der Waals surface area contributed by atoms with Crippen LogP contribution < -0.4 is 5.73 Å². The molecule has 0 aliphatic carbocycles. The van der Waals surface area contributed by atoms with E-state index in [0.29, 0.717) is 0 Å². The quantitative estimate of drug-likeness (QED) is 0.499. The Morgan fingerprint density at radius 2 is 1.70 bits per heavy atom. The number of phenols is 1. The number of halogens is 6. The zero-order valence-corrected chi connectivity index (χ0v) is 9.29. The van der Waals surface area contributed by atoms with Crippen LogP contribution in [-0.2, 0) is 6.18 Å². The van der Waals surface area contributed by atoms with Crippen molar-refractivity contribution in [3.63, 3.8) is 0 Å². The molecule has 0 aromatic heterocycles. The van der Waals surface area contributed by atoms with E-state index in [0.717, 1.165) is 0 Å². The summed E-state index contributed by atoms with van der Waals surface area (Å²) in [6.45, 7) is 0. The first-order valence-corrected chi connectivity index (χ1v) is 4.76. The summed E-state index contributed by atoms with van der Waals surface area (Å²) in [7, 11) is 0. The van der Waals surface area contributed by atoms with Crippen LogP contribution in [0.2, 0.25) is 0 Å². The van der Waals surface area contributed by atoms with Crippen molar-refractivity contribution in [2.24, 2.45) is 5.73 Å². The average molecular weight is 304 g/mol. The van der Waals surface area contributed by atoms with E-state index >= 15 is 0 Å². The zero-order valence-electron chi connectivity index (χ0n) is 9.29. The van der Waals surface area contributed by atoms with Crippen LogP contribution in [-0.4, -0.2) is 16.2 Å². The summed E-state index contributed by atoms with van der Waals surface area (Å²) >= 11 is 0. The monoisotopic (exact) mass is 304 g/mol. The fraction of sp³-hybridized carbons (Fsp3) is 0.333. The second kappa shape index (κ2) is 4.81. The van der Waals surface area contributed by atoms with Crippen LogP contribution in [0.1, 0.15) is 17.2 Å². The van der Waals surface area contributed by atoms with Crippen LogP contribution in [0.25, 0.3) is 0 Å². The van der Waals surface area contributed by atoms with Gasteiger partial charge in [0.25, 0.3) is 5.69 Å². The normalized spacial score (nSPS) is 14.2. The number of aromatic hydroxyl groups is 1. The molecule has 0 unspecified atom stereocenters. The second-order valence-corrected chi connectivity index (χ2v) is 3.70. The molecule has 1 aromatic carbocycles. The molecule has 1 aromatic rings. The maximum absolute atomic E-state index is 12.5. The van der Waals surface area contributed by atoms with Gasteiger partial charge >= 0.3 is 12.4 Å². The van der Waals surface area contributed by atoms with Crippen LogP contribution in [0.3, 0.4) is 0 Å². The third kappa shape index (κ3) is 3.10. The van der Waals surface area contributed by atoms with E-state index in [2.05, 4.69) is 0 Å². The standard InChI is InChI=1S/C9H6F6N2O3/c10-8(11,12)4-2-6(18)3(1-5(4)17(19)20)7(16)9(13,14)15/h1-2,7,18H,16H2/t7-/m1/s1. The Balaban J connectivity index is 3.54. The second-order valence-electron chi connectivity index (χ2n) is 3.70. The molecule has 20 heavy (non-hydrogen) atoms. The van der Waals surface area contributed by atoms with Gasteiger partial charge in [0, 0.05) is 11.6 Å². The largest absolute Gasteiger partial charge is 0.508 e. The van der Waals surface area contributed by atoms with Gasteiger partial charge in [-0.1, -0.05) is 0 Å². The number of hydrogen-bond acceptors (Lipinski definition) is 4. The highest BCUT2D eigenvalue weighted by molar-refractivity contribution is 5.52. The van der Waals surface area contributed by atoms with E-state index in [1.54, 1.807) is 0 Å². The lowest BCUT2D eigenvalue weighted by atomic mass is 10.0. The lowest BCUT2D eigenvalue weighted by Gasteiger charge is -2.18. The number of nitrogens with zero attached hydrogens (tertiary/aromatic N) is 1. The molecule has 0 bridgehead atoms. The Morgan fingerprint density at radius 3 is 2.05 bits per heavy atom. The molecule has 1 rings (SSSR count). The molecule has 0 spiro atoms. The minimum absolute atomic E-state index is 0.0314. The van der Waals surface area contributed by atoms with Gasteiger partial charge < -0.3 is 10.8 Å². The highest BCUT2D eigenvalue weighted by Crippen LogP contribution is 2.43. The van der Waals surface area contributed by atoms with Gasteiger partial charge in [0.2, 0.25) is 0 Å². The van der Waals surface area contributed by atoms with Crippen molar-refractivity contribution < 1.29 is 36.4 Å². The van der Waals surface area contributed by atoms with Crippen molar-refractivity contribution in [3.8, 4) is 5.75 Å². The van der Waals surface area contributed by atoms with E-state index in [9.17, 15) is 41.6 Å². The van der Waals surface area contributed by atoms with Crippen LogP contribution in [0.15, 0.2) is 12.1 Å². The Labute approximate surface area is 106 Å². The molecule has 0 saturated carbocycles. The number of hydrogen-bond donors (Lipinski definition) is 2. The minimum atomic E-state index is -5.21. The Hall–Kier alpha value is -2.04. The van der Waals surface area contributed by atoms with E-state index in [1.807, 2.05) is 0 Å². The number of rotatable bonds is 2. The van der Waals surface area contributed by atoms with Gasteiger partial charge in [0.1, 0.15) is 17.4 Å². The van der Waals surface area contributed by atoms with E-state index < -0.39 is 45.9 Å². The molecule has 5 nitrogen and oxygen atoms in total. The predicted molar refractivity (Wildman–Crippen MR) is 52.7 cm³/mol. The van der Waals surface area contributed by atoms with Crippen LogP contribution in [0, 0.1) is 10.1 Å². The van der Waals surface area contributed by atoms with Crippen molar-refractivity contribution >= 4 is 5.69 Å². The number of nitro benzene ring substituents is 1. The van der Waals surface area contributed by atoms with Gasteiger partial charge in [-0.25, -0.2) is 0 Å². The lowest BCUT2D eigenvalue weighted by Crippen LogP contribution is -2.28. The fourth-order valence-electron chi connectivity index (χ4n) is 1.40. The van der Waals surface area contributed by atoms with Crippen molar-refractivity contribution in [1.82, 2.24) is 0 Å². The molecule has 0 amide bonds. The summed E-state index contributed by atoms with van der Waals surface area (Å²) in [5.74, 6) is -1.42. The van der Waals surface area contributed by atoms with Crippen LogP contribution in [0.5, 0.6) is 5.75 Å². The molecule has 0 aliphatic rings. The third-order valence-electron chi connectivity index (χ3n) is 2.33. The molecule has 0 heterocycles. The Morgan fingerprint density at radius 1 is 1.20 bits per heavy atom. The van der Waals surface area contributed by atoms with E-state index in [1.165, 1.54) is 0 Å². The summed E-state index contributed by atoms with van der Waals surface area (Å²) in [6, 6.07) is -3.03. The highest BCUT2D eigenvalue weighted by Gasteiger charge is 2.44. The average Bonchev–Trinajstić information content (AvgIpc) is 2.24. The molecular weight excluding hydrogens is 298 g/mol. The summed E-state index contributed by atoms with van der Waals surface area (Å²) in [5, 5.41) is 19.7. The number of nitrogens with two attached hydrogens (primary N) is 1. The molecule has 0 aliphatic heterocycles. The van der Waals surface area contributed by atoms with Crippen LogP contribution in [0.4, 0.5) is 32.0 Å². The first kappa shape index (κ1) is 16.0. The number of benzene rings is 1. The molecule has 0 radical (unpaired) electrons. The molecule has 11 heteroatoms. The molecule has 0 fully saturated rings. The van der Waals surface area contributed by atoms with Gasteiger partial charge in [0.15, 0.2) is 0 Å². The summed E-state index contributed by atoms with van der Waals surface area (Å²) in [5.41, 5.74) is 0.0180. The Bertz CT molecular complexity index is 540. The SMILES string of the molecule is N[C@H](c1cc([N+](=O)[O-])c(C(F)(F)F)cc1O)C(F)(F)F. The molecule has 0 saturated heterocycles. The van der Waals surface area contributed by atoms with Crippen molar-refractivity contribution in [2.75, 3.05) is 0 Å². The molecule has 112 valence electrons. The molecule has 1 atom stereocenters.